The van der Waals surface area contributed by atoms with Gasteiger partial charge in [0.1, 0.15) is 0 Å². The summed E-state index contributed by atoms with van der Waals surface area (Å²) in [6.07, 6.45) is -4.05. The highest BCUT2D eigenvalue weighted by Gasteiger charge is 2.36. The zero-order valence-electron chi connectivity index (χ0n) is 12.0. The van der Waals surface area contributed by atoms with Gasteiger partial charge in [-0.2, -0.15) is 13.2 Å². The van der Waals surface area contributed by atoms with Crippen LogP contribution in [0.2, 0.25) is 0 Å². The first kappa shape index (κ1) is 16.7. The Hall–Kier alpha value is -0.330. The molecular weight excluding hydrogens is 257 g/mol. The average molecular weight is 282 g/mol. The van der Waals surface area contributed by atoms with E-state index >= 15 is 0 Å². The molecule has 2 N–H and O–H groups in total. The van der Waals surface area contributed by atoms with Crippen LogP contribution < -0.4 is 5.73 Å². The maximum atomic E-state index is 12.2. The molecule has 0 bridgehead atoms. The fourth-order valence-corrected chi connectivity index (χ4v) is 2.68. The number of hydrogen-bond acceptors (Lipinski definition) is 3. The van der Waals surface area contributed by atoms with Crippen molar-refractivity contribution in [1.29, 1.82) is 0 Å². The van der Waals surface area contributed by atoms with E-state index in [0.29, 0.717) is 13.0 Å². The molecule has 1 fully saturated rings. The maximum absolute atomic E-state index is 12.2. The number of rotatable bonds is 5. The minimum absolute atomic E-state index is 0.0947. The smallest absolute Gasteiger partial charge is 0.373 e. The van der Waals surface area contributed by atoms with Crippen molar-refractivity contribution in [2.24, 2.45) is 5.73 Å². The molecule has 1 saturated heterocycles. The number of ether oxygens (including phenoxy) is 1. The first-order valence-electron chi connectivity index (χ1n) is 6.83. The quantitative estimate of drug-likeness (QED) is 0.842. The van der Waals surface area contributed by atoms with Crippen LogP contribution in [-0.4, -0.2) is 48.5 Å². The van der Waals surface area contributed by atoms with E-state index in [-0.39, 0.29) is 24.2 Å². The fraction of sp³-hybridized carbons (Fsp3) is 1.00. The number of halogens is 3. The Labute approximate surface area is 113 Å². The van der Waals surface area contributed by atoms with E-state index in [2.05, 4.69) is 4.90 Å². The highest BCUT2D eigenvalue weighted by Crippen LogP contribution is 2.29. The summed E-state index contributed by atoms with van der Waals surface area (Å²) < 4.78 is 42.4. The molecule has 0 saturated carbocycles. The molecule has 1 heterocycles. The van der Waals surface area contributed by atoms with E-state index in [9.17, 15) is 13.2 Å². The Balaban J connectivity index is 2.58. The number of nitrogens with two attached hydrogens (primary N) is 1. The summed E-state index contributed by atoms with van der Waals surface area (Å²) in [7, 11) is 0. The Kier molecular flexibility index (Phi) is 5.65. The van der Waals surface area contributed by atoms with Crippen LogP contribution in [0.5, 0.6) is 0 Å². The van der Waals surface area contributed by atoms with Gasteiger partial charge in [0.25, 0.3) is 0 Å². The molecule has 6 heteroatoms. The molecule has 0 aromatic carbocycles. The van der Waals surface area contributed by atoms with Crippen molar-refractivity contribution in [3.63, 3.8) is 0 Å². The third-order valence-corrected chi connectivity index (χ3v) is 3.80. The van der Waals surface area contributed by atoms with Gasteiger partial charge in [-0.25, -0.2) is 0 Å². The average Bonchev–Trinajstić information content (AvgIpc) is 2.25. The van der Waals surface area contributed by atoms with Gasteiger partial charge in [0.2, 0.25) is 0 Å². The van der Waals surface area contributed by atoms with Crippen molar-refractivity contribution in [1.82, 2.24) is 4.90 Å². The van der Waals surface area contributed by atoms with Crippen LogP contribution in [0.15, 0.2) is 0 Å². The third kappa shape index (κ3) is 5.28. The lowest BCUT2D eigenvalue weighted by Crippen LogP contribution is -2.59. The topological polar surface area (TPSA) is 38.5 Å². The molecule has 0 radical (unpaired) electrons. The second-order valence-corrected chi connectivity index (χ2v) is 5.83. The number of morpholine rings is 1. The van der Waals surface area contributed by atoms with Crippen LogP contribution in [0.3, 0.4) is 0 Å². The Bertz CT molecular complexity index is 276. The van der Waals surface area contributed by atoms with Crippen LogP contribution in [-0.2, 0) is 4.74 Å². The molecule has 114 valence electrons. The lowest BCUT2D eigenvalue weighted by atomic mass is 9.91. The SMILES string of the molecule is CC1CN(C(C)(CN)CCCC(F)(F)F)CC(C)O1. The summed E-state index contributed by atoms with van der Waals surface area (Å²) in [5.41, 5.74) is 5.44. The molecule has 19 heavy (non-hydrogen) atoms. The lowest BCUT2D eigenvalue weighted by molar-refractivity contribution is -0.139. The summed E-state index contributed by atoms with van der Waals surface area (Å²) in [5, 5.41) is 0. The van der Waals surface area contributed by atoms with Crippen LogP contribution in [0.4, 0.5) is 13.2 Å². The number of nitrogens with zero attached hydrogens (tertiary/aromatic N) is 1. The predicted octanol–water partition coefficient (Wildman–Crippen LogP) is 2.55. The zero-order valence-corrected chi connectivity index (χ0v) is 12.0. The van der Waals surface area contributed by atoms with E-state index in [1.54, 1.807) is 0 Å². The van der Waals surface area contributed by atoms with Crippen LogP contribution in [0.1, 0.15) is 40.0 Å². The summed E-state index contributed by atoms with van der Waals surface area (Å²) >= 11 is 0. The van der Waals surface area contributed by atoms with Crippen molar-refractivity contribution in [3.05, 3.63) is 0 Å². The Morgan fingerprint density at radius 1 is 1.16 bits per heavy atom. The molecule has 1 aliphatic rings. The van der Waals surface area contributed by atoms with Gasteiger partial charge in [-0.15, -0.1) is 0 Å². The van der Waals surface area contributed by atoms with Gasteiger partial charge >= 0.3 is 6.18 Å². The number of alkyl halides is 3. The molecule has 0 aromatic heterocycles. The number of hydrogen-bond donors (Lipinski definition) is 1. The molecule has 3 atom stereocenters. The molecule has 0 spiro atoms. The first-order chi connectivity index (χ1) is 8.66. The van der Waals surface area contributed by atoms with Gasteiger partial charge in [0.15, 0.2) is 0 Å². The zero-order chi connectivity index (χ0) is 14.7. The van der Waals surface area contributed by atoms with E-state index in [4.69, 9.17) is 10.5 Å². The summed E-state index contributed by atoms with van der Waals surface area (Å²) in [4.78, 5) is 2.18. The standard InChI is InChI=1S/C13H25F3N2O/c1-10-7-18(8-11(2)19-10)12(3,9-17)5-4-6-13(14,15)16/h10-11H,4-9,17H2,1-3H3. The summed E-state index contributed by atoms with van der Waals surface area (Å²) in [5.74, 6) is 0. The minimum Gasteiger partial charge on any atom is -0.373 e. The van der Waals surface area contributed by atoms with Crippen LogP contribution >= 0.6 is 0 Å². The molecular formula is C13H25F3N2O. The molecule has 3 unspecified atom stereocenters. The van der Waals surface area contributed by atoms with E-state index in [1.165, 1.54) is 0 Å². The molecule has 3 nitrogen and oxygen atoms in total. The van der Waals surface area contributed by atoms with Gasteiger partial charge in [0.05, 0.1) is 12.2 Å². The molecule has 0 aromatic rings. The van der Waals surface area contributed by atoms with E-state index < -0.39 is 12.6 Å². The molecule has 0 aliphatic carbocycles. The van der Waals surface area contributed by atoms with Crippen molar-refractivity contribution in [2.45, 2.75) is 64.0 Å². The van der Waals surface area contributed by atoms with Crippen molar-refractivity contribution in [3.8, 4) is 0 Å². The highest BCUT2D eigenvalue weighted by atomic mass is 19.4. The minimum atomic E-state index is -4.08. The predicted molar refractivity (Wildman–Crippen MR) is 68.9 cm³/mol. The lowest BCUT2D eigenvalue weighted by Gasteiger charge is -2.46. The highest BCUT2D eigenvalue weighted by molar-refractivity contribution is 4.91. The van der Waals surface area contributed by atoms with Crippen molar-refractivity contribution in [2.75, 3.05) is 19.6 Å². The Morgan fingerprint density at radius 2 is 1.68 bits per heavy atom. The van der Waals surface area contributed by atoms with Crippen molar-refractivity contribution < 1.29 is 17.9 Å². The summed E-state index contributed by atoms with van der Waals surface area (Å²) in [6, 6.07) is 0. The van der Waals surface area contributed by atoms with Crippen LogP contribution in [0, 0.1) is 0 Å². The fourth-order valence-electron chi connectivity index (χ4n) is 2.68. The molecule has 1 aliphatic heterocycles. The normalized spacial score (nSPS) is 29.2. The van der Waals surface area contributed by atoms with E-state index in [1.807, 2.05) is 20.8 Å². The first-order valence-corrected chi connectivity index (χ1v) is 6.83. The molecule has 1 rings (SSSR count). The largest absolute Gasteiger partial charge is 0.389 e. The van der Waals surface area contributed by atoms with E-state index in [0.717, 1.165) is 13.1 Å². The monoisotopic (exact) mass is 282 g/mol. The van der Waals surface area contributed by atoms with Gasteiger partial charge in [-0.05, 0) is 33.6 Å². The summed E-state index contributed by atoms with van der Waals surface area (Å²) in [6.45, 7) is 7.73. The third-order valence-electron chi connectivity index (χ3n) is 3.80. The van der Waals surface area contributed by atoms with Gasteiger partial charge in [-0.1, -0.05) is 0 Å². The van der Waals surface area contributed by atoms with Gasteiger partial charge in [0, 0.05) is 31.6 Å². The maximum Gasteiger partial charge on any atom is 0.389 e. The second-order valence-electron chi connectivity index (χ2n) is 5.83. The van der Waals surface area contributed by atoms with Gasteiger partial charge < -0.3 is 10.5 Å². The van der Waals surface area contributed by atoms with Crippen LogP contribution in [0.25, 0.3) is 0 Å². The Morgan fingerprint density at radius 3 is 2.11 bits per heavy atom. The molecule has 0 amide bonds. The van der Waals surface area contributed by atoms with Gasteiger partial charge in [-0.3, -0.25) is 4.90 Å². The second kappa shape index (κ2) is 6.41. The van der Waals surface area contributed by atoms with Crippen molar-refractivity contribution >= 4 is 0 Å².